The third kappa shape index (κ3) is 4.44. The van der Waals surface area contributed by atoms with Gasteiger partial charge >= 0.3 is 0 Å². The van der Waals surface area contributed by atoms with E-state index in [0.717, 1.165) is 36.3 Å². The molecule has 188 valence electrons. The maximum atomic E-state index is 13.2. The van der Waals surface area contributed by atoms with Crippen LogP contribution in [-0.4, -0.2) is 66.2 Å². The van der Waals surface area contributed by atoms with Crippen LogP contribution in [0.1, 0.15) is 72.1 Å². The van der Waals surface area contributed by atoms with Crippen LogP contribution in [0.4, 0.5) is 14.5 Å². The number of halogens is 2. The maximum absolute atomic E-state index is 13.2. The Balaban J connectivity index is 1.30. The van der Waals surface area contributed by atoms with Gasteiger partial charge in [-0.05, 0) is 49.9 Å². The van der Waals surface area contributed by atoms with Crippen LogP contribution in [0.25, 0.3) is 0 Å². The molecule has 4 aliphatic rings. The average Bonchev–Trinajstić information content (AvgIpc) is 3.05. The fourth-order valence-electron chi connectivity index (χ4n) is 5.93. The normalized spacial score (nSPS) is 28.5. The zero-order chi connectivity index (χ0) is 24.9. The number of amides is 4. The van der Waals surface area contributed by atoms with Gasteiger partial charge < -0.3 is 10.2 Å². The van der Waals surface area contributed by atoms with Crippen LogP contribution >= 0.6 is 0 Å². The van der Waals surface area contributed by atoms with E-state index in [1.165, 1.54) is 0 Å². The Hall–Kier alpha value is -2.88. The number of nitrogens with one attached hydrogen (secondary N) is 2. The van der Waals surface area contributed by atoms with E-state index in [2.05, 4.69) is 15.5 Å². The van der Waals surface area contributed by atoms with E-state index in [9.17, 15) is 28.0 Å². The number of imide groups is 2. The fraction of sp³-hybridized carbons (Fsp3) is 0.600. The van der Waals surface area contributed by atoms with Crippen molar-refractivity contribution in [3.63, 3.8) is 0 Å². The van der Waals surface area contributed by atoms with Crippen molar-refractivity contribution < 1.29 is 28.0 Å². The molecular weight excluding hydrogens is 458 g/mol. The van der Waals surface area contributed by atoms with Gasteiger partial charge in [-0.25, -0.2) is 8.78 Å². The van der Waals surface area contributed by atoms with Crippen LogP contribution in [0.15, 0.2) is 18.2 Å². The molecule has 8 nitrogen and oxygen atoms in total. The van der Waals surface area contributed by atoms with Crippen LogP contribution in [0, 0.1) is 5.92 Å². The second kappa shape index (κ2) is 8.96. The molecule has 3 fully saturated rings. The summed E-state index contributed by atoms with van der Waals surface area (Å²) in [5.74, 6) is -4.62. The first-order valence-corrected chi connectivity index (χ1v) is 12.3. The highest BCUT2D eigenvalue weighted by molar-refractivity contribution is 6.23. The van der Waals surface area contributed by atoms with Gasteiger partial charge in [-0.2, -0.15) is 0 Å². The van der Waals surface area contributed by atoms with Gasteiger partial charge in [0.25, 0.3) is 11.8 Å². The average molecular weight is 489 g/mol. The van der Waals surface area contributed by atoms with E-state index in [-0.39, 0.29) is 54.8 Å². The van der Waals surface area contributed by atoms with Crippen LogP contribution in [0.3, 0.4) is 0 Å². The molecule has 2 aliphatic heterocycles. The van der Waals surface area contributed by atoms with Crippen molar-refractivity contribution in [1.29, 1.82) is 0 Å². The molecule has 2 aliphatic carbocycles. The Bertz CT molecular complexity index is 1070. The molecule has 2 heterocycles. The van der Waals surface area contributed by atoms with E-state index in [0.29, 0.717) is 6.54 Å². The van der Waals surface area contributed by atoms with E-state index >= 15 is 0 Å². The van der Waals surface area contributed by atoms with E-state index < -0.39 is 35.6 Å². The van der Waals surface area contributed by atoms with Crippen molar-refractivity contribution >= 4 is 29.3 Å². The summed E-state index contributed by atoms with van der Waals surface area (Å²) >= 11 is 0. The molecule has 1 saturated heterocycles. The molecule has 1 unspecified atom stereocenters. The molecule has 4 amide bonds. The summed E-state index contributed by atoms with van der Waals surface area (Å²) in [6.45, 7) is 0.572. The van der Waals surface area contributed by atoms with Crippen molar-refractivity contribution in [2.24, 2.45) is 5.92 Å². The van der Waals surface area contributed by atoms with E-state index in [1.54, 1.807) is 18.2 Å². The third-order valence-corrected chi connectivity index (χ3v) is 7.90. The lowest BCUT2D eigenvalue weighted by Crippen LogP contribution is -2.54. The zero-order valence-corrected chi connectivity index (χ0v) is 19.7. The van der Waals surface area contributed by atoms with Gasteiger partial charge in [0.05, 0.1) is 11.1 Å². The molecule has 35 heavy (non-hydrogen) atoms. The number of rotatable bonds is 6. The predicted molar refractivity (Wildman–Crippen MR) is 123 cm³/mol. The Kier molecular flexibility index (Phi) is 6.11. The lowest BCUT2D eigenvalue weighted by Gasteiger charge is -2.42. The largest absolute Gasteiger partial charge is 0.370 e. The van der Waals surface area contributed by atoms with Crippen molar-refractivity contribution in [2.45, 2.75) is 75.4 Å². The van der Waals surface area contributed by atoms with Gasteiger partial charge in [-0.3, -0.25) is 29.4 Å². The molecule has 2 N–H and O–H groups in total. The highest BCUT2D eigenvalue weighted by atomic mass is 19.3. The summed E-state index contributed by atoms with van der Waals surface area (Å²) in [6, 6.07) is 4.39. The molecule has 10 heteroatoms. The van der Waals surface area contributed by atoms with Crippen LogP contribution in [0.5, 0.6) is 0 Å². The van der Waals surface area contributed by atoms with Crippen molar-refractivity contribution in [2.75, 3.05) is 18.5 Å². The number of piperidine rings is 1. The van der Waals surface area contributed by atoms with E-state index in [4.69, 9.17) is 0 Å². The minimum atomic E-state index is -2.52. The minimum Gasteiger partial charge on any atom is -0.370 e. The third-order valence-electron chi connectivity index (χ3n) is 7.90. The van der Waals surface area contributed by atoms with Gasteiger partial charge in [-0.1, -0.05) is 12.8 Å². The monoisotopic (exact) mass is 488 g/mol. The van der Waals surface area contributed by atoms with Crippen molar-refractivity contribution in [3.05, 3.63) is 29.3 Å². The molecule has 5 rings (SSSR count). The van der Waals surface area contributed by atoms with Gasteiger partial charge in [-0.15, -0.1) is 0 Å². The molecule has 1 aromatic rings. The van der Waals surface area contributed by atoms with Gasteiger partial charge in [0.2, 0.25) is 17.7 Å². The van der Waals surface area contributed by atoms with Gasteiger partial charge in [0, 0.05) is 44.1 Å². The molecule has 3 atom stereocenters. The first-order valence-electron chi connectivity index (χ1n) is 12.3. The number of nitrogens with zero attached hydrogens (tertiary/aromatic N) is 2. The van der Waals surface area contributed by atoms with Crippen LogP contribution < -0.4 is 15.5 Å². The number of carbonyl (C=O) groups excluding carboxylic acids is 4. The first-order chi connectivity index (χ1) is 16.6. The van der Waals surface area contributed by atoms with Crippen molar-refractivity contribution in [1.82, 2.24) is 15.5 Å². The Labute approximate surface area is 202 Å². The fourth-order valence-corrected chi connectivity index (χ4v) is 5.93. The first kappa shape index (κ1) is 23.8. The molecule has 0 spiro atoms. The highest BCUT2D eigenvalue weighted by Gasteiger charge is 2.46. The molecule has 2 saturated carbocycles. The maximum Gasteiger partial charge on any atom is 0.262 e. The number of hydrogen-bond acceptors (Lipinski definition) is 6. The SMILES string of the molecule is CN(c1ccc2c(c1)C(=O)N(C1CCC(=O)NC1=O)C2=O)[C@H]1CCCC[C@@H]1NCC1CC(F)(F)C1. The summed E-state index contributed by atoms with van der Waals surface area (Å²) < 4.78 is 26.4. The molecule has 0 aromatic heterocycles. The highest BCUT2D eigenvalue weighted by Crippen LogP contribution is 2.42. The number of alkyl halides is 2. The number of benzene rings is 1. The summed E-state index contributed by atoms with van der Waals surface area (Å²) in [4.78, 5) is 53.0. The lowest BCUT2D eigenvalue weighted by atomic mass is 9.80. The summed E-state index contributed by atoms with van der Waals surface area (Å²) in [7, 11) is 1.95. The number of carbonyl (C=O) groups is 4. The quantitative estimate of drug-likeness (QED) is 0.597. The smallest absolute Gasteiger partial charge is 0.262 e. The molecular formula is C25H30F2N4O4. The Morgan fingerprint density at radius 2 is 1.77 bits per heavy atom. The van der Waals surface area contributed by atoms with Crippen molar-refractivity contribution in [3.8, 4) is 0 Å². The topological polar surface area (TPSA) is 98.8 Å². The van der Waals surface area contributed by atoms with Gasteiger partial charge in [0.1, 0.15) is 6.04 Å². The summed E-state index contributed by atoms with van der Waals surface area (Å²) in [6.07, 6.45) is 4.08. The lowest BCUT2D eigenvalue weighted by molar-refractivity contribution is -0.136. The Morgan fingerprint density at radius 3 is 2.49 bits per heavy atom. The number of hydrogen-bond donors (Lipinski definition) is 2. The predicted octanol–water partition coefficient (Wildman–Crippen LogP) is 2.47. The second-order valence-electron chi connectivity index (χ2n) is 10.3. The van der Waals surface area contributed by atoms with Gasteiger partial charge in [0.15, 0.2) is 0 Å². The number of likely N-dealkylation sites (N-methyl/N-ethyl adjacent to an activating group) is 1. The molecule has 0 bridgehead atoms. The summed E-state index contributed by atoms with van der Waals surface area (Å²) in [5.41, 5.74) is 1.28. The molecule has 1 aromatic carbocycles. The minimum absolute atomic E-state index is 0.000208. The summed E-state index contributed by atoms with van der Waals surface area (Å²) in [5, 5.41) is 5.72. The van der Waals surface area contributed by atoms with E-state index in [1.807, 2.05) is 7.05 Å². The number of anilines is 1. The van der Waals surface area contributed by atoms with Crippen LogP contribution in [0.2, 0.25) is 0 Å². The Morgan fingerprint density at radius 1 is 1.06 bits per heavy atom. The standard InChI is InChI=1S/C25H30F2N4O4/c1-30(19-5-3-2-4-18(19)28-13-14-11-25(26,27)12-14)15-6-7-16-17(10-15)24(35)31(23(16)34)20-8-9-21(32)29-22(20)33/h6-7,10,14,18-20,28H,2-5,8-9,11-13H2,1H3,(H,29,32,33)/t18-,19-,20?/m0/s1. The molecule has 0 radical (unpaired) electrons. The van der Waals surface area contributed by atoms with Crippen LogP contribution in [-0.2, 0) is 9.59 Å². The second-order valence-corrected chi connectivity index (χ2v) is 10.3. The zero-order valence-electron chi connectivity index (χ0n) is 19.7. The number of fused-ring (bicyclic) bond motifs is 1.